The van der Waals surface area contributed by atoms with E-state index in [4.69, 9.17) is 4.74 Å². The molecule has 6 heteroatoms. The van der Waals surface area contributed by atoms with Crippen LogP contribution < -0.4 is 10.1 Å². The summed E-state index contributed by atoms with van der Waals surface area (Å²) in [6.45, 7) is 15.3. The van der Waals surface area contributed by atoms with Gasteiger partial charge >= 0.3 is 0 Å². The highest BCUT2D eigenvalue weighted by molar-refractivity contribution is 9.10. The number of hydrogen-bond donors (Lipinski definition) is 1. The number of nitrogens with one attached hydrogen (secondary N) is 1. The van der Waals surface area contributed by atoms with Gasteiger partial charge in [0, 0.05) is 13.1 Å². The van der Waals surface area contributed by atoms with Gasteiger partial charge < -0.3 is 15.0 Å². The Hall–Kier alpha value is -2.34. The highest BCUT2D eigenvalue weighted by atomic mass is 79.9. The number of rotatable bonds is 10. The lowest BCUT2D eigenvalue weighted by Crippen LogP contribution is -2.50. The summed E-state index contributed by atoms with van der Waals surface area (Å²) in [6, 6.07) is 13.4. The van der Waals surface area contributed by atoms with Crippen LogP contribution in [0.5, 0.6) is 5.75 Å². The van der Waals surface area contributed by atoms with Crippen LogP contribution in [0, 0.1) is 12.8 Å². The first-order valence-corrected chi connectivity index (χ1v) is 12.8. The lowest BCUT2D eigenvalue weighted by molar-refractivity contribution is -0.143. The number of nitrogens with zero attached hydrogens (tertiary/aromatic N) is 1. The number of aryl methyl sites for hydroxylation is 1. The van der Waals surface area contributed by atoms with E-state index in [9.17, 15) is 9.59 Å². The molecule has 2 aromatic carbocycles. The first kappa shape index (κ1) is 27.9. The van der Waals surface area contributed by atoms with Gasteiger partial charge in [0.2, 0.25) is 5.91 Å². The molecule has 0 spiro atoms. The van der Waals surface area contributed by atoms with Gasteiger partial charge in [-0.1, -0.05) is 77.4 Å². The molecule has 0 aliphatic heterocycles. The molecule has 0 saturated carbocycles. The Morgan fingerprint density at radius 3 is 2.26 bits per heavy atom. The molecular formula is C28H39BrN2O3. The molecule has 1 atom stereocenters. The van der Waals surface area contributed by atoms with E-state index in [1.165, 1.54) is 5.56 Å². The van der Waals surface area contributed by atoms with Gasteiger partial charge in [-0.05, 0) is 63.9 Å². The zero-order chi connectivity index (χ0) is 25.5. The Balaban J connectivity index is 2.22. The predicted molar refractivity (Wildman–Crippen MR) is 142 cm³/mol. The molecule has 2 amide bonds. The standard InChI is InChI=1S/C28H39BrN2O3/c1-8-24(27(33)30-16-19(2)3)31(17-21-11-9-20(4)10-12-21)26(32)18-34-25-14-13-22(15-23(25)29)28(5,6)7/h9-15,19,24H,8,16-18H2,1-7H3,(H,30,33). The molecule has 2 aromatic rings. The SMILES string of the molecule is CCC(C(=O)NCC(C)C)N(Cc1ccc(C)cc1)C(=O)COc1ccc(C(C)(C)C)cc1Br. The molecule has 0 bridgehead atoms. The van der Waals surface area contributed by atoms with Crippen LogP contribution in [0.1, 0.15) is 64.7 Å². The van der Waals surface area contributed by atoms with Crippen molar-refractivity contribution in [1.29, 1.82) is 0 Å². The van der Waals surface area contributed by atoms with Crippen molar-refractivity contribution < 1.29 is 14.3 Å². The van der Waals surface area contributed by atoms with Gasteiger partial charge in [0.05, 0.1) is 4.47 Å². The second-order valence-corrected chi connectivity index (χ2v) is 11.1. The van der Waals surface area contributed by atoms with Crippen molar-refractivity contribution in [2.45, 2.75) is 72.9 Å². The molecule has 5 nitrogen and oxygen atoms in total. The minimum Gasteiger partial charge on any atom is -0.483 e. The molecule has 0 aromatic heterocycles. The van der Waals surface area contributed by atoms with E-state index in [1.807, 2.05) is 70.2 Å². The minimum atomic E-state index is -0.567. The first-order valence-electron chi connectivity index (χ1n) is 12.0. The maximum Gasteiger partial charge on any atom is 0.261 e. The van der Waals surface area contributed by atoms with Crippen LogP contribution in [-0.2, 0) is 21.5 Å². The van der Waals surface area contributed by atoms with Gasteiger partial charge in [-0.15, -0.1) is 0 Å². The van der Waals surface area contributed by atoms with E-state index >= 15 is 0 Å². The monoisotopic (exact) mass is 530 g/mol. The van der Waals surface area contributed by atoms with E-state index in [1.54, 1.807) is 4.90 Å². The fourth-order valence-corrected chi connectivity index (χ4v) is 4.03. The molecule has 1 unspecified atom stereocenters. The summed E-state index contributed by atoms with van der Waals surface area (Å²) >= 11 is 3.57. The third kappa shape index (κ3) is 8.15. The normalized spacial score (nSPS) is 12.4. The van der Waals surface area contributed by atoms with Crippen LogP contribution in [0.15, 0.2) is 46.9 Å². The van der Waals surface area contributed by atoms with E-state index in [2.05, 4.69) is 42.0 Å². The lowest BCUT2D eigenvalue weighted by atomic mass is 9.87. The third-order valence-electron chi connectivity index (χ3n) is 5.69. The summed E-state index contributed by atoms with van der Waals surface area (Å²) in [6.07, 6.45) is 0.519. The highest BCUT2D eigenvalue weighted by Crippen LogP contribution is 2.31. The van der Waals surface area contributed by atoms with Crippen LogP contribution in [0.25, 0.3) is 0 Å². The topological polar surface area (TPSA) is 58.6 Å². The van der Waals surface area contributed by atoms with Gasteiger partial charge in [-0.3, -0.25) is 9.59 Å². The summed E-state index contributed by atoms with van der Waals surface area (Å²) in [4.78, 5) is 28.0. The fraction of sp³-hybridized carbons (Fsp3) is 0.500. The molecule has 1 N–H and O–H groups in total. The average Bonchev–Trinajstić information content (AvgIpc) is 2.77. The van der Waals surface area contributed by atoms with E-state index in [-0.39, 0.29) is 23.8 Å². The van der Waals surface area contributed by atoms with Crippen molar-refractivity contribution in [2.75, 3.05) is 13.2 Å². The first-order chi connectivity index (χ1) is 15.9. The molecule has 2 rings (SSSR count). The Morgan fingerprint density at radius 2 is 1.74 bits per heavy atom. The molecule has 34 heavy (non-hydrogen) atoms. The number of hydrogen-bond acceptors (Lipinski definition) is 3. The number of carbonyl (C=O) groups excluding carboxylic acids is 2. The quantitative estimate of drug-likeness (QED) is 0.408. The van der Waals surface area contributed by atoms with Crippen molar-refractivity contribution in [1.82, 2.24) is 10.2 Å². The predicted octanol–water partition coefficient (Wildman–Crippen LogP) is 6.01. The number of benzene rings is 2. The second-order valence-electron chi connectivity index (χ2n) is 10.3. The molecular weight excluding hydrogens is 492 g/mol. The molecule has 0 saturated heterocycles. The van der Waals surface area contributed by atoms with Gasteiger partial charge in [-0.25, -0.2) is 0 Å². The number of carbonyl (C=O) groups is 2. The van der Waals surface area contributed by atoms with Crippen molar-refractivity contribution in [3.8, 4) is 5.75 Å². The van der Waals surface area contributed by atoms with Gasteiger partial charge in [0.1, 0.15) is 11.8 Å². The van der Waals surface area contributed by atoms with Crippen LogP contribution >= 0.6 is 15.9 Å². The zero-order valence-corrected chi connectivity index (χ0v) is 23.2. The maximum absolute atomic E-state index is 13.4. The molecule has 0 aliphatic rings. The second kappa shape index (κ2) is 12.4. The summed E-state index contributed by atoms with van der Waals surface area (Å²) in [5.74, 6) is 0.583. The van der Waals surface area contributed by atoms with E-state index in [0.717, 1.165) is 15.6 Å². The van der Waals surface area contributed by atoms with Gasteiger partial charge in [0.25, 0.3) is 5.91 Å². The van der Waals surface area contributed by atoms with Crippen molar-refractivity contribution in [3.63, 3.8) is 0 Å². The molecule has 0 aliphatic carbocycles. The summed E-state index contributed by atoms with van der Waals surface area (Å²) in [5, 5.41) is 2.99. The Labute approximate surface area is 213 Å². The Morgan fingerprint density at radius 1 is 1.09 bits per heavy atom. The van der Waals surface area contributed by atoms with Gasteiger partial charge in [-0.2, -0.15) is 0 Å². The zero-order valence-electron chi connectivity index (χ0n) is 21.6. The number of amides is 2. The number of halogens is 1. The summed E-state index contributed by atoms with van der Waals surface area (Å²) in [7, 11) is 0. The molecule has 0 fully saturated rings. The van der Waals surface area contributed by atoms with Crippen LogP contribution in [-0.4, -0.2) is 35.9 Å². The van der Waals surface area contributed by atoms with Crippen LogP contribution in [0.4, 0.5) is 0 Å². The highest BCUT2D eigenvalue weighted by Gasteiger charge is 2.29. The fourth-order valence-electron chi connectivity index (χ4n) is 3.54. The maximum atomic E-state index is 13.4. The minimum absolute atomic E-state index is 0.0133. The summed E-state index contributed by atoms with van der Waals surface area (Å²) < 4.78 is 6.71. The van der Waals surface area contributed by atoms with Crippen molar-refractivity contribution >= 4 is 27.7 Å². The van der Waals surface area contributed by atoms with Gasteiger partial charge in [0.15, 0.2) is 6.61 Å². The average molecular weight is 532 g/mol. The van der Waals surface area contributed by atoms with E-state index < -0.39 is 6.04 Å². The largest absolute Gasteiger partial charge is 0.483 e. The van der Waals surface area contributed by atoms with Crippen molar-refractivity contribution in [3.05, 3.63) is 63.6 Å². The Kier molecular flexibility index (Phi) is 10.2. The van der Waals surface area contributed by atoms with E-state index in [0.29, 0.717) is 31.2 Å². The molecule has 186 valence electrons. The third-order valence-corrected chi connectivity index (χ3v) is 6.31. The Bertz CT molecular complexity index is 965. The lowest BCUT2D eigenvalue weighted by Gasteiger charge is -2.31. The number of ether oxygens (including phenoxy) is 1. The smallest absolute Gasteiger partial charge is 0.261 e. The molecule has 0 radical (unpaired) electrons. The molecule has 0 heterocycles. The van der Waals surface area contributed by atoms with Crippen LogP contribution in [0.2, 0.25) is 0 Å². The summed E-state index contributed by atoms with van der Waals surface area (Å²) in [5.41, 5.74) is 3.31. The van der Waals surface area contributed by atoms with Crippen molar-refractivity contribution in [2.24, 2.45) is 5.92 Å². The van der Waals surface area contributed by atoms with Crippen LogP contribution in [0.3, 0.4) is 0 Å².